The number of carbonyl (C=O) groups is 1. The Kier molecular flexibility index (Phi) is 5.11. The summed E-state index contributed by atoms with van der Waals surface area (Å²) in [6, 6.07) is 4.39. The third-order valence-corrected chi connectivity index (χ3v) is 4.04. The van der Waals surface area contributed by atoms with Crippen molar-refractivity contribution < 1.29 is 28.2 Å². The molecule has 1 saturated carbocycles. The van der Waals surface area contributed by atoms with E-state index in [1.807, 2.05) is 0 Å². The molecular formula is C16H18F3NO3. The summed E-state index contributed by atoms with van der Waals surface area (Å²) in [7, 11) is 0. The van der Waals surface area contributed by atoms with Gasteiger partial charge in [0.15, 0.2) is 0 Å². The topological polar surface area (TPSA) is 69.6 Å². The van der Waals surface area contributed by atoms with Crippen LogP contribution in [0, 0.1) is 5.41 Å². The number of nitrogens with one attached hydrogen (secondary N) is 1. The van der Waals surface area contributed by atoms with Gasteiger partial charge in [-0.25, -0.2) is 0 Å². The molecule has 1 aromatic rings. The Hall–Kier alpha value is -1.86. The van der Waals surface area contributed by atoms with E-state index in [0.29, 0.717) is 18.4 Å². The Morgan fingerprint density at radius 2 is 1.78 bits per heavy atom. The molecule has 0 unspecified atom stereocenters. The van der Waals surface area contributed by atoms with Crippen molar-refractivity contribution in [2.45, 2.75) is 25.1 Å². The summed E-state index contributed by atoms with van der Waals surface area (Å²) in [4.78, 5) is 11.7. The van der Waals surface area contributed by atoms with E-state index in [9.17, 15) is 18.0 Å². The molecular weight excluding hydrogens is 311 g/mol. The quantitative estimate of drug-likeness (QED) is 0.724. The lowest BCUT2D eigenvalue weighted by Gasteiger charge is -2.45. The summed E-state index contributed by atoms with van der Waals surface area (Å²) in [5.41, 5.74) is -0.769. The molecule has 0 radical (unpaired) electrons. The van der Waals surface area contributed by atoms with Crippen LogP contribution in [0.5, 0.6) is 0 Å². The molecule has 0 saturated heterocycles. The van der Waals surface area contributed by atoms with Gasteiger partial charge in [0, 0.05) is 17.5 Å². The standard InChI is InChI=1S/C16H18F3NO3/c17-16(18,19)12-4-1-11(2-5-12)3-6-14(23)20-13-7-15(8-13,9-21)10-22/h1-6,13,21-22H,7-10H2,(H,20,23)/b6-3+. The number of carbonyl (C=O) groups excluding carboxylic acids is 1. The van der Waals surface area contributed by atoms with E-state index in [2.05, 4.69) is 5.32 Å². The normalized spacial score (nSPS) is 18.0. The van der Waals surface area contributed by atoms with E-state index in [1.54, 1.807) is 0 Å². The first kappa shape index (κ1) is 17.5. The molecule has 7 heteroatoms. The van der Waals surface area contributed by atoms with Crippen molar-refractivity contribution in [1.82, 2.24) is 5.32 Å². The van der Waals surface area contributed by atoms with Crippen LogP contribution in [0.4, 0.5) is 13.2 Å². The number of rotatable bonds is 5. The lowest BCUT2D eigenvalue weighted by Crippen LogP contribution is -2.53. The molecule has 1 fully saturated rings. The second-order valence-corrected chi connectivity index (χ2v) is 5.88. The van der Waals surface area contributed by atoms with Crippen LogP contribution in [-0.4, -0.2) is 35.4 Å². The minimum atomic E-state index is -4.38. The number of halogens is 3. The highest BCUT2D eigenvalue weighted by Gasteiger charge is 2.43. The monoisotopic (exact) mass is 329 g/mol. The van der Waals surface area contributed by atoms with Gasteiger partial charge in [0.25, 0.3) is 0 Å². The number of aliphatic hydroxyl groups excluding tert-OH is 2. The van der Waals surface area contributed by atoms with E-state index < -0.39 is 17.2 Å². The molecule has 1 amide bonds. The Labute approximate surface area is 131 Å². The summed E-state index contributed by atoms with van der Waals surface area (Å²) in [5, 5.41) is 21.0. The van der Waals surface area contributed by atoms with Crippen molar-refractivity contribution in [3.63, 3.8) is 0 Å². The highest BCUT2D eigenvalue weighted by molar-refractivity contribution is 5.92. The average molecular weight is 329 g/mol. The van der Waals surface area contributed by atoms with E-state index >= 15 is 0 Å². The molecule has 1 aliphatic carbocycles. The zero-order valence-electron chi connectivity index (χ0n) is 12.3. The summed E-state index contributed by atoms with van der Waals surface area (Å²) in [5.74, 6) is -0.362. The number of alkyl halides is 3. The second-order valence-electron chi connectivity index (χ2n) is 5.88. The van der Waals surface area contributed by atoms with Crippen LogP contribution >= 0.6 is 0 Å². The van der Waals surface area contributed by atoms with Crippen molar-refractivity contribution in [2.24, 2.45) is 5.41 Å². The van der Waals surface area contributed by atoms with Gasteiger partial charge >= 0.3 is 6.18 Å². The van der Waals surface area contributed by atoms with Gasteiger partial charge in [-0.3, -0.25) is 4.79 Å². The van der Waals surface area contributed by atoms with Gasteiger partial charge in [-0.1, -0.05) is 12.1 Å². The summed E-state index contributed by atoms with van der Waals surface area (Å²) in [6.45, 7) is -0.255. The SMILES string of the molecule is O=C(/C=C/c1ccc(C(F)(F)F)cc1)NC1CC(CO)(CO)C1. The van der Waals surface area contributed by atoms with Gasteiger partial charge in [0.2, 0.25) is 5.91 Å². The first-order valence-electron chi connectivity index (χ1n) is 7.15. The largest absolute Gasteiger partial charge is 0.416 e. The number of amides is 1. The van der Waals surface area contributed by atoms with E-state index in [0.717, 1.165) is 12.1 Å². The summed E-state index contributed by atoms with van der Waals surface area (Å²) in [6.07, 6.45) is -0.699. The molecule has 0 atom stereocenters. The van der Waals surface area contributed by atoms with Crippen LogP contribution in [0.25, 0.3) is 6.08 Å². The van der Waals surface area contributed by atoms with Crippen molar-refractivity contribution in [3.05, 3.63) is 41.5 Å². The zero-order chi connectivity index (χ0) is 17.1. The van der Waals surface area contributed by atoms with Crippen LogP contribution in [-0.2, 0) is 11.0 Å². The molecule has 2 rings (SSSR count). The van der Waals surface area contributed by atoms with Crippen LogP contribution in [0.1, 0.15) is 24.0 Å². The van der Waals surface area contributed by atoms with Crippen molar-refractivity contribution in [2.75, 3.05) is 13.2 Å². The minimum absolute atomic E-state index is 0.112. The molecule has 0 spiro atoms. The first-order chi connectivity index (χ1) is 10.8. The number of hydrogen-bond acceptors (Lipinski definition) is 3. The molecule has 0 aromatic heterocycles. The molecule has 3 N–H and O–H groups in total. The lowest BCUT2D eigenvalue weighted by molar-refractivity contribution is -0.137. The molecule has 23 heavy (non-hydrogen) atoms. The Morgan fingerprint density at radius 3 is 2.26 bits per heavy atom. The maximum Gasteiger partial charge on any atom is 0.416 e. The predicted octanol–water partition coefficient (Wildman–Crippen LogP) is 1.97. The smallest absolute Gasteiger partial charge is 0.396 e. The molecule has 4 nitrogen and oxygen atoms in total. The van der Waals surface area contributed by atoms with Crippen LogP contribution in [0.3, 0.4) is 0 Å². The minimum Gasteiger partial charge on any atom is -0.396 e. The third kappa shape index (κ3) is 4.33. The fourth-order valence-electron chi connectivity index (χ4n) is 2.60. The van der Waals surface area contributed by atoms with Crippen molar-refractivity contribution in [1.29, 1.82) is 0 Å². The van der Waals surface area contributed by atoms with Gasteiger partial charge in [-0.15, -0.1) is 0 Å². The van der Waals surface area contributed by atoms with Gasteiger partial charge < -0.3 is 15.5 Å². The maximum atomic E-state index is 12.4. The fourth-order valence-corrected chi connectivity index (χ4v) is 2.60. The van der Waals surface area contributed by atoms with Gasteiger partial charge in [0.05, 0.1) is 18.8 Å². The Balaban J connectivity index is 1.85. The highest BCUT2D eigenvalue weighted by Crippen LogP contribution is 2.40. The van der Waals surface area contributed by atoms with Gasteiger partial charge in [-0.05, 0) is 36.6 Å². The highest BCUT2D eigenvalue weighted by atomic mass is 19.4. The number of benzene rings is 1. The van der Waals surface area contributed by atoms with Crippen LogP contribution in [0.2, 0.25) is 0 Å². The predicted molar refractivity (Wildman–Crippen MR) is 78.2 cm³/mol. The maximum absolute atomic E-state index is 12.4. The van der Waals surface area contributed by atoms with E-state index in [1.165, 1.54) is 24.3 Å². The first-order valence-corrected chi connectivity index (χ1v) is 7.15. The van der Waals surface area contributed by atoms with Crippen LogP contribution in [0.15, 0.2) is 30.3 Å². The van der Waals surface area contributed by atoms with Gasteiger partial charge in [0.1, 0.15) is 0 Å². The molecule has 1 aliphatic rings. The lowest BCUT2D eigenvalue weighted by atomic mass is 9.66. The number of hydrogen-bond donors (Lipinski definition) is 3. The van der Waals surface area contributed by atoms with Crippen molar-refractivity contribution in [3.8, 4) is 0 Å². The number of aliphatic hydroxyl groups is 2. The molecule has 0 aliphatic heterocycles. The fraction of sp³-hybridized carbons (Fsp3) is 0.438. The summed E-state index contributed by atoms with van der Waals surface area (Å²) < 4.78 is 37.3. The average Bonchev–Trinajstić information content (AvgIpc) is 2.48. The Morgan fingerprint density at radius 1 is 1.22 bits per heavy atom. The third-order valence-electron chi connectivity index (χ3n) is 4.04. The second kappa shape index (κ2) is 6.72. The zero-order valence-corrected chi connectivity index (χ0v) is 12.3. The van der Waals surface area contributed by atoms with Crippen LogP contribution < -0.4 is 5.32 Å². The van der Waals surface area contributed by atoms with Gasteiger partial charge in [-0.2, -0.15) is 13.2 Å². The summed E-state index contributed by atoms with van der Waals surface area (Å²) >= 11 is 0. The van der Waals surface area contributed by atoms with Crippen molar-refractivity contribution >= 4 is 12.0 Å². The van der Waals surface area contributed by atoms with E-state index in [-0.39, 0.29) is 25.2 Å². The van der Waals surface area contributed by atoms with E-state index in [4.69, 9.17) is 10.2 Å². The molecule has 1 aromatic carbocycles. The molecule has 0 bridgehead atoms. The molecule has 0 heterocycles. The molecule has 126 valence electrons. The Bertz CT molecular complexity index is 569.